The van der Waals surface area contributed by atoms with E-state index in [1.807, 2.05) is 23.7 Å². The lowest BCUT2D eigenvalue weighted by molar-refractivity contribution is 0.382. The molecule has 3 aromatic rings. The summed E-state index contributed by atoms with van der Waals surface area (Å²) >= 11 is 5.94. The van der Waals surface area contributed by atoms with E-state index in [0.717, 1.165) is 12.8 Å². The summed E-state index contributed by atoms with van der Waals surface area (Å²) in [7, 11) is 0. The average Bonchev–Trinajstić information content (AvgIpc) is 2.69. The molecule has 0 amide bonds. The summed E-state index contributed by atoms with van der Waals surface area (Å²) in [6.07, 6.45) is 1.81. The van der Waals surface area contributed by atoms with E-state index in [9.17, 15) is 5.11 Å². The molecule has 0 saturated heterocycles. The van der Waals surface area contributed by atoms with E-state index in [-0.39, 0.29) is 17.6 Å². The molecule has 8 nitrogen and oxygen atoms in total. The first kappa shape index (κ1) is 18.7. The van der Waals surface area contributed by atoms with Crippen LogP contribution in [0.2, 0.25) is 5.02 Å². The summed E-state index contributed by atoms with van der Waals surface area (Å²) in [5.41, 5.74) is 3.50. The molecular weight excluding hydrogens is 368 g/mol. The minimum atomic E-state index is -0.0282. The molecule has 0 aliphatic carbocycles. The van der Waals surface area contributed by atoms with Gasteiger partial charge in [0, 0.05) is 11.6 Å². The Kier molecular flexibility index (Phi) is 6.24. The molecule has 9 heteroatoms. The van der Waals surface area contributed by atoms with E-state index in [4.69, 9.17) is 16.8 Å². The van der Waals surface area contributed by atoms with Crippen molar-refractivity contribution in [1.82, 2.24) is 15.0 Å². The van der Waals surface area contributed by atoms with Gasteiger partial charge in [0.1, 0.15) is 5.75 Å². The maximum atomic E-state index is 9.90. The maximum absolute atomic E-state index is 9.90. The van der Waals surface area contributed by atoms with Crippen molar-refractivity contribution in [3.05, 3.63) is 59.1 Å². The van der Waals surface area contributed by atoms with Crippen molar-refractivity contribution < 1.29 is 10.3 Å². The van der Waals surface area contributed by atoms with Crippen LogP contribution < -0.4 is 16.1 Å². The number of nitrogens with one attached hydrogen (secondary N) is 3. The van der Waals surface area contributed by atoms with Crippen LogP contribution in [0, 0.1) is 0 Å². The van der Waals surface area contributed by atoms with Gasteiger partial charge in [-0.25, -0.2) is 5.48 Å². The lowest BCUT2D eigenvalue weighted by atomic mass is 10.1. The third-order valence-electron chi connectivity index (χ3n) is 3.71. The zero-order valence-electron chi connectivity index (χ0n) is 14.4. The van der Waals surface area contributed by atoms with E-state index in [1.54, 1.807) is 12.1 Å². The molecule has 140 valence electrons. The van der Waals surface area contributed by atoms with Crippen LogP contribution in [0.1, 0.15) is 12.0 Å². The first-order valence-corrected chi connectivity index (χ1v) is 8.71. The summed E-state index contributed by atoms with van der Waals surface area (Å²) in [6, 6.07) is 14.7. The van der Waals surface area contributed by atoms with Crippen molar-refractivity contribution in [2.45, 2.75) is 12.8 Å². The number of phenolic OH excluding ortho intramolecular Hbond substituents is 1. The Morgan fingerprint density at radius 2 is 1.67 bits per heavy atom. The van der Waals surface area contributed by atoms with E-state index in [0.29, 0.717) is 23.2 Å². The summed E-state index contributed by atoms with van der Waals surface area (Å²) in [6.45, 7) is 0.644. The fourth-order valence-electron chi connectivity index (χ4n) is 2.43. The fraction of sp³-hybridized carbons (Fsp3) is 0.167. The van der Waals surface area contributed by atoms with Crippen LogP contribution in [-0.4, -0.2) is 31.8 Å². The second kappa shape index (κ2) is 9.02. The molecule has 0 fully saturated rings. The smallest absolute Gasteiger partial charge is 0.253 e. The number of aryl methyl sites for hydroxylation is 1. The maximum Gasteiger partial charge on any atom is 0.253 e. The molecule has 0 saturated carbocycles. The van der Waals surface area contributed by atoms with Gasteiger partial charge in [0.05, 0.1) is 5.69 Å². The Bertz CT molecular complexity index is 894. The molecule has 0 aliphatic rings. The lowest BCUT2D eigenvalue weighted by Crippen LogP contribution is -2.11. The summed E-state index contributed by atoms with van der Waals surface area (Å²) in [5.74, 6) is 0.401. The number of anilines is 4. The van der Waals surface area contributed by atoms with Crippen LogP contribution in [0.15, 0.2) is 48.5 Å². The van der Waals surface area contributed by atoms with Gasteiger partial charge < -0.3 is 15.7 Å². The number of nitrogens with zero attached hydrogens (tertiary/aromatic N) is 3. The van der Waals surface area contributed by atoms with Crippen molar-refractivity contribution in [3.63, 3.8) is 0 Å². The number of rotatable bonds is 8. The third kappa shape index (κ3) is 5.44. The molecule has 0 aliphatic heterocycles. The Morgan fingerprint density at radius 1 is 0.926 bits per heavy atom. The fourth-order valence-corrected chi connectivity index (χ4v) is 2.60. The van der Waals surface area contributed by atoms with Gasteiger partial charge in [-0.15, -0.1) is 0 Å². The Balaban J connectivity index is 1.65. The lowest BCUT2D eigenvalue weighted by Gasteiger charge is -2.11. The molecule has 0 unspecified atom stereocenters. The average molecular weight is 387 g/mol. The van der Waals surface area contributed by atoms with Crippen LogP contribution in [0.5, 0.6) is 5.75 Å². The number of halogens is 1. The van der Waals surface area contributed by atoms with Gasteiger partial charge in [-0.05, 0) is 36.6 Å². The van der Waals surface area contributed by atoms with Crippen LogP contribution in [-0.2, 0) is 6.42 Å². The molecular formula is C18H19ClN6O2. The van der Waals surface area contributed by atoms with Crippen molar-refractivity contribution in [3.8, 4) is 5.75 Å². The largest absolute Gasteiger partial charge is 0.506 e. The second-order valence-electron chi connectivity index (χ2n) is 5.72. The van der Waals surface area contributed by atoms with Gasteiger partial charge in [-0.2, -0.15) is 15.0 Å². The molecule has 2 aromatic carbocycles. The number of phenols is 1. The van der Waals surface area contributed by atoms with Gasteiger partial charge in [-0.3, -0.25) is 5.21 Å². The second-order valence-corrected chi connectivity index (χ2v) is 6.16. The van der Waals surface area contributed by atoms with Crippen LogP contribution in [0.25, 0.3) is 0 Å². The van der Waals surface area contributed by atoms with Crippen LogP contribution in [0.4, 0.5) is 23.5 Å². The summed E-state index contributed by atoms with van der Waals surface area (Å²) in [4.78, 5) is 12.3. The predicted molar refractivity (Wildman–Crippen MR) is 105 cm³/mol. The minimum absolute atomic E-state index is 0.00399. The number of aromatic hydroxyl groups is 1. The predicted octanol–water partition coefficient (Wildman–Crippen LogP) is 3.82. The summed E-state index contributed by atoms with van der Waals surface area (Å²) in [5, 5.41) is 25.4. The number of benzene rings is 2. The zero-order chi connectivity index (χ0) is 19.1. The first-order chi connectivity index (χ1) is 13.1. The van der Waals surface area contributed by atoms with Crippen LogP contribution in [0.3, 0.4) is 0 Å². The molecule has 1 heterocycles. The number of hydrogen-bond donors (Lipinski definition) is 5. The van der Waals surface area contributed by atoms with Crippen molar-refractivity contribution >= 4 is 35.1 Å². The van der Waals surface area contributed by atoms with Crippen molar-refractivity contribution in [1.29, 1.82) is 0 Å². The normalized spacial score (nSPS) is 10.4. The zero-order valence-corrected chi connectivity index (χ0v) is 15.1. The highest BCUT2D eigenvalue weighted by Gasteiger charge is 2.09. The summed E-state index contributed by atoms with van der Waals surface area (Å²) < 4.78 is 0. The van der Waals surface area contributed by atoms with E-state index in [1.165, 1.54) is 11.6 Å². The topological polar surface area (TPSA) is 115 Å². The quantitative estimate of drug-likeness (QED) is 0.225. The van der Waals surface area contributed by atoms with Gasteiger partial charge in [0.2, 0.25) is 11.9 Å². The highest BCUT2D eigenvalue weighted by atomic mass is 35.5. The highest BCUT2D eigenvalue weighted by molar-refractivity contribution is 6.30. The van der Waals surface area contributed by atoms with Crippen LogP contribution >= 0.6 is 11.6 Å². The molecule has 0 radical (unpaired) electrons. The van der Waals surface area contributed by atoms with E-state index < -0.39 is 0 Å². The van der Waals surface area contributed by atoms with Gasteiger partial charge >= 0.3 is 0 Å². The van der Waals surface area contributed by atoms with E-state index in [2.05, 4.69) is 37.7 Å². The van der Waals surface area contributed by atoms with Crippen molar-refractivity contribution in [2.24, 2.45) is 0 Å². The third-order valence-corrected chi connectivity index (χ3v) is 3.94. The number of hydrogen-bond acceptors (Lipinski definition) is 8. The number of aromatic nitrogens is 3. The van der Waals surface area contributed by atoms with E-state index >= 15 is 0 Å². The van der Waals surface area contributed by atoms with Crippen molar-refractivity contribution in [2.75, 3.05) is 22.7 Å². The Morgan fingerprint density at radius 3 is 2.44 bits per heavy atom. The monoisotopic (exact) mass is 386 g/mol. The minimum Gasteiger partial charge on any atom is -0.506 e. The molecule has 0 spiro atoms. The first-order valence-electron chi connectivity index (χ1n) is 8.33. The van der Waals surface area contributed by atoms with Gasteiger partial charge in [0.15, 0.2) is 0 Å². The molecule has 0 bridgehead atoms. The molecule has 1 aromatic heterocycles. The highest BCUT2D eigenvalue weighted by Crippen LogP contribution is 2.28. The molecule has 5 N–H and O–H groups in total. The van der Waals surface area contributed by atoms with Gasteiger partial charge in [0.25, 0.3) is 5.95 Å². The SMILES string of the molecule is ONc1nc(NCCCc2ccccc2)nc(Nc2cc(Cl)ccc2O)n1. The Hall–Kier alpha value is -3.10. The molecule has 27 heavy (non-hydrogen) atoms. The molecule has 3 rings (SSSR count). The standard InChI is InChI=1S/C18H19ClN6O2/c19-13-8-9-15(26)14(11-13)21-17-22-16(23-18(24-17)25-27)20-10-4-7-12-5-2-1-3-6-12/h1-3,5-6,8-9,11,26-27H,4,7,10H2,(H3,20,21,22,23,24,25). The van der Waals surface area contributed by atoms with Gasteiger partial charge in [-0.1, -0.05) is 41.9 Å². The Labute approximate surface area is 161 Å². The molecule has 0 atom stereocenters.